The molecule has 0 radical (unpaired) electrons. The molecule has 5 heteroatoms. The van der Waals surface area contributed by atoms with Gasteiger partial charge in [-0.15, -0.1) is 11.3 Å². The lowest BCUT2D eigenvalue weighted by Gasteiger charge is -2.36. The first kappa shape index (κ1) is 17.0. The lowest BCUT2D eigenvalue weighted by atomic mass is 10.0. The quantitative estimate of drug-likeness (QED) is 0.879. The third kappa shape index (κ3) is 3.73. The lowest BCUT2D eigenvalue weighted by molar-refractivity contribution is 0.149. The third-order valence-electron chi connectivity index (χ3n) is 5.49. The molecule has 0 spiro atoms. The fourth-order valence-corrected chi connectivity index (χ4v) is 5.13. The summed E-state index contributed by atoms with van der Waals surface area (Å²) in [5.41, 5.74) is 2.50. The molecule has 1 aromatic heterocycles. The lowest BCUT2D eigenvalue weighted by Crippen LogP contribution is -2.45. The second-order valence-corrected chi connectivity index (χ2v) is 7.98. The SMILES string of the molecule is COc1ccccc1C1CNCCN1Cc1csc(C2CCCC2)n1. The zero-order chi connectivity index (χ0) is 17.1. The van der Waals surface area contributed by atoms with E-state index in [9.17, 15) is 0 Å². The van der Waals surface area contributed by atoms with Crippen molar-refractivity contribution in [2.75, 3.05) is 26.7 Å². The van der Waals surface area contributed by atoms with E-state index in [0.717, 1.165) is 31.9 Å². The Morgan fingerprint density at radius 1 is 1.28 bits per heavy atom. The van der Waals surface area contributed by atoms with Crippen LogP contribution in [0.2, 0.25) is 0 Å². The van der Waals surface area contributed by atoms with E-state index in [1.807, 2.05) is 17.4 Å². The van der Waals surface area contributed by atoms with Crippen LogP contribution in [-0.4, -0.2) is 36.6 Å². The Kier molecular flexibility index (Phi) is 5.34. The molecule has 2 fully saturated rings. The van der Waals surface area contributed by atoms with Crippen molar-refractivity contribution in [2.24, 2.45) is 0 Å². The molecule has 2 aliphatic rings. The number of hydrogen-bond donors (Lipinski definition) is 1. The number of piperazine rings is 1. The van der Waals surface area contributed by atoms with E-state index in [1.165, 1.54) is 41.9 Å². The Bertz CT molecular complexity index is 696. The molecule has 25 heavy (non-hydrogen) atoms. The molecule has 4 nitrogen and oxygen atoms in total. The fraction of sp³-hybridized carbons (Fsp3) is 0.550. The minimum atomic E-state index is 0.335. The molecule has 4 rings (SSSR count). The number of aromatic nitrogens is 1. The molecule has 1 N–H and O–H groups in total. The van der Waals surface area contributed by atoms with Gasteiger partial charge in [-0.05, 0) is 18.9 Å². The highest BCUT2D eigenvalue weighted by Gasteiger charge is 2.27. The van der Waals surface area contributed by atoms with Gasteiger partial charge in [0.25, 0.3) is 0 Å². The van der Waals surface area contributed by atoms with Crippen molar-refractivity contribution in [1.29, 1.82) is 0 Å². The first-order chi connectivity index (χ1) is 12.3. The van der Waals surface area contributed by atoms with Crippen molar-refractivity contribution in [3.05, 3.63) is 45.9 Å². The van der Waals surface area contributed by atoms with Gasteiger partial charge in [-0.1, -0.05) is 31.0 Å². The van der Waals surface area contributed by atoms with Gasteiger partial charge in [-0.3, -0.25) is 4.90 Å². The molecule has 1 saturated heterocycles. The monoisotopic (exact) mass is 357 g/mol. The molecule has 1 aliphatic heterocycles. The average Bonchev–Trinajstić information content (AvgIpc) is 3.34. The van der Waals surface area contributed by atoms with Gasteiger partial charge in [0.1, 0.15) is 5.75 Å². The van der Waals surface area contributed by atoms with Gasteiger partial charge >= 0.3 is 0 Å². The zero-order valence-electron chi connectivity index (χ0n) is 14.9. The van der Waals surface area contributed by atoms with Gasteiger partial charge in [-0.25, -0.2) is 4.98 Å². The van der Waals surface area contributed by atoms with Crippen LogP contribution in [0, 0.1) is 0 Å². The highest BCUT2D eigenvalue weighted by atomic mass is 32.1. The summed E-state index contributed by atoms with van der Waals surface area (Å²) in [6.45, 7) is 3.96. The summed E-state index contributed by atoms with van der Waals surface area (Å²) in [5, 5.41) is 7.17. The summed E-state index contributed by atoms with van der Waals surface area (Å²) in [6, 6.07) is 8.72. The van der Waals surface area contributed by atoms with Crippen LogP contribution in [0.5, 0.6) is 5.75 Å². The summed E-state index contributed by atoms with van der Waals surface area (Å²) in [6.07, 6.45) is 5.38. The van der Waals surface area contributed by atoms with Crippen LogP contribution < -0.4 is 10.1 Å². The molecular formula is C20H27N3OS. The van der Waals surface area contributed by atoms with Gasteiger partial charge < -0.3 is 10.1 Å². The number of thiazole rings is 1. The van der Waals surface area contributed by atoms with Gasteiger partial charge in [0.2, 0.25) is 0 Å². The number of para-hydroxylation sites is 1. The summed E-state index contributed by atoms with van der Waals surface area (Å²) >= 11 is 1.86. The number of hydrogen-bond acceptors (Lipinski definition) is 5. The minimum absolute atomic E-state index is 0.335. The smallest absolute Gasteiger partial charge is 0.123 e. The van der Waals surface area contributed by atoms with Crippen molar-refractivity contribution >= 4 is 11.3 Å². The number of methoxy groups -OCH3 is 1. The van der Waals surface area contributed by atoms with Gasteiger partial charge in [0.15, 0.2) is 0 Å². The molecule has 1 aromatic carbocycles. The molecule has 2 aromatic rings. The molecule has 0 bridgehead atoms. The van der Waals surface area contributed by atoms with Crippen molar-refractivity contribution in [3.8, 4) is 5.75 Å². The Labute approximate surface area is 154 Å². The van der Waals surface area contributed by atoms with E-state index in [2.05, 4.69) is 33.8 Å². The summed E-state index contributed by atoms with van der Waals surface area (Å²) in [4.78, 5) is 7.53. The summed E-state index contributed by atoms with van der Waals surface area (Å²) < 4.78 is 5.60. The predicted octanol–water partition coefficient (Wildman–Crippen LogP) is 3.96. The molecule has 1 unspecified atom stereocenters. The van der Waals surface area contributed by atoms with Crippen LogP contribution >= 0.6 is 11.3 Å². The minimum Gasteiger partial charge on any atom is -0.496 e. The fourth-order valence-electron chi connectivity index (χ4n) is 4.15. The van der Waals surface area contributed by atoms with E-state index in [1.54, 1.807) is 7.11 Å². The van der Waals surface area contributed by atoms with Crippen molar-refractivity contribution in [2.45, 2.75) is 44.2 Å². The van der Waals surface area contributed by atoms with Crippen LogP contribution in [0.25, 0.3) is 0 Å². The van der Waals surface area contributed by atoms with E-state index in [0.29, 0.717) is 12.0 Å². The summed E-state index contributed by atoms with van der Waals surface area (Å²) in [7, 11) is 1.76. The van der Waals surface area contributed by atoms with E-state index < -0.39 is 0 Å². The van der Waals surface area contributed by atoms with Crippen LogP contribution in [-0.2, 0) is 6.54 Å². The van der Waals surface area contributed by atoms with Crippen LogP contribution in [0.3, 0.4) is 0 Å². The second-order valence-electron chi connectivity index (χ2n) is 7.09. The molecule has 134 valence electrons. The number of rotatable bonds is 5. The second kappa shape index (κ2) is 7.85. The molecule has 1 saturated carbocycles. The molecule has 1 aliphatic carbocycles. The summed E-state index contributed by atoms with van der Waals surface area (Å²) in [5.74, 6) is 1.69. The Morgan fingerprint density at radius 2 is 2.12 bits per heavy atom. The standard InChI is InChI=1S/C20H27N3OS/c1-24-19-9-5-4-8-17(19)18-12-21-10-11-23(18)13-16-14-25-20(22-16)15-6-2-3-7-15/h4-5,8-9,14-15,18,21H,2-3,6-7,10-13H2,1H3. The van der Waals surface area contributed by atoms with Crippen LogP contribution in [0.4, 0.5) is 0 Å². The average molecular weight is 358 g/mol. The Balaban J connectivity index is 1.51. The zero-order valence-corrected chi connectivity index (χ0v) is 15.7. The topological polar surface area (TPSA) is 37.4 Å². The number of nitrogens with zero attached hydrogens (tertiary/aromatic N) is 2. The largest absolute Gasteiger partial charge is 0.496 e. The van der Waals surface area contributed by atoms with E-state index in [-0.39, 0.29) is 0 Å². The van der Waals surface area contributed by atoms with Crippen molar-refractivity contribution in [1.82, 2.24) is 15.2 Å². The maximum Gasteiger partial charge on any atom is 0.123 e. The first-order valence-corrected chi connectivity index (χ1v) is 10.2. The third-order valence-corrected chi connectivity index (χ3v) is 6.55. The van der Waals surface area contributed by atoms with E-state index >= 15 is 0 Å². The Morgan fingerprint density at radius 3 is 2.96 bits per heavy atom. The predicted molar refractivity (Wildman–Crippen MR) is 102 cm³/mol. The van der Waals surface area contributed by atoms with E-state index in [4.69, 9.17) is 9.72 Å². The highest BCUT2D eigenvalue weighted by Crippen LogP contribution is 2.36. The van der Waals surface area contributed by atoms with Gasteiger partial charge in [0, 0.05) is 43.0 Å². The van der Waals surface area contributed by atoms with Crippen molar-refractivity contribution < 1.29 is 4.74 Å². The van der Waals surface area contributed by atoms with Crippen molar-refractivity contribution in [3.63, 3.8) is 0 Å². The van der Waals surface area contributed by atoms with Gasteiger partial charge in [-0.2, -0.15) is 0 Å². The molecule has 2 heterocycles. The number of benzene rings is 1. The number of ether oxygens (including phenoxy) is 1. The van der Waals surface area contributed by atoms with Crippen LogP contribution in [0.15, 0.2) is 29.6 Å². The normalized spacial score (nSPS) is 22.4. The van der Waals surface area contributed by atoms with Gasteiger partial charge in [0.05, 0.1) is 23.9 Å². The number of nitrogens with one attached hydrogen (secondary N) is 1. The molecular weight excluding hydrogens is 330 g/mol. The first-order valence-electron chi connectivity index (χ1n) is 9.37. The molecule has 1 atom stereocenters. The molecule has 0 amide bonds. The maximum absolute atomic E-state index is 5.60. The Hall–Kier alpha value is -1.43. The van der Waals surface area contributed by atoms with Crippen LogP contribution in [0.1, 0.15) is 53.9 Å². The maximum atomic E-state index is 5.60. The highest BCUT2D eigenvalue weighted by molar-refractivity contribution is 7.09.